The molecule has 184 valence electrons. The largest absolute Gasteiger partial charge is 0.507 e. The fourth-order valence-electron chi connectivity index (χ4n) is 4.06. The Hall–Kier alpha value is -4.30. The fraction of sp³-hybridized carbons (Fsp3) is 0.148. The van der Waals surface area contributed by atoms with Crippen LogP contribution >= 0.6 is 11.6 Å². The van der Waals surface area contributed by atoms with Crippen molar-refractivity contribution >= 4 is 40.7 Å². The number of amides is 1. The molecule has 1 aliphatic heterocycles. The van der Waals surface area contributed by atoms with E-state index in [-0.39, 0.29) is 22.5 Å². The van der Waals surface area contributed by atoms with Crippen LogP contribution < -0.4 is 14.4 Å². The molecule has 1 heterocycles. The molecule has 1 saturated heterocycles. The number of carbonyl (C=O) groups excluding carboxylic acids is 3. The predicted octanol–water partition coefficient (Wildman–Crippen LogP) is 4.77. The Morgan fingerprint density at radius 2 is 1.61 bits per heavy atom. The number of hydrogen-bond donors (Lipinski definition) is 1. The molecule has 36 heavy (non-hydrogen) atoms. The number of anilines is 1. The first-order valence-electron chi connectivity index (χ1n) is 10.8. The zero-order chi connectivity index (χ0) is 26.0. The van der Waals surface area contributed by atoms with Crippen LogP contribution in [0.4, 0.5) is 5.69 Å². The maximum atomic E-state index is 13.3. The van der Waals surface area contributed by atoms with Crippen molar-refractivity contribution in [3.05, 3.63) is 94.0 Å². The van der Waals surface area contributed by atoms with E-state index < -0.39 is 23.7 Å². The van der Waals surface area contributed by atoms with Gasteiger partial charge in [-0.3, -0.25) is 14.5 Å². The molecular formula is C27H22ClNO7. The third-order valence-corrected chi connectivity index (χ3v) is 6.16. The predicted molar refractivity (Wildman–Crippen MR) is 134 cm³/mol. The second kappa shape index (κ2) is 10.1. The number of carbonyl (C=O) groups is 3. The highest BCUT2D eigenvalue weighted by atomic mass is 35.5. The third kappa shape index (κ3) is 4.38. The second-order valence-electron chi connectivity index (χ2n) is 7.83. The van der Waals surface area contributed by atoms with Crippen LogP contribution in [0.25, 0.3) is 5.76 Å². The van der Waals surface area contributed by atoms with Crippen molar-refractivity contribution in [2.45, 2.75) is 6.04 Å². The quantitative estimate of drug-likeness (QED) is 0.222. The number of aliphatic hydroxyl groups is 1. The molecule has 0 radical (unpaired) electrons. The number of ether oxygens (including phenoxy) is 3. The molecule has 1 fully saturated rings. The van der Waals surface area contributed by atoms with Gasteiger partial charge in [0.1, 0.15) is 17.3 Å². The molecule has 0 spiro atoms. The highest BCUT2D eigenvalue weighted by molar-refractivity contribution is 6.51. The van der Waals surface area contributed by atoms with Crippen LogP contribution in [-0.2, 0) is 14.3 Å². The van der Waals surface area contributed by atoms with Gasteiger partial charge in [0.15, 0.2) is 0 Å². The summed E-state index contributed by atoms with van der Waals surface area (Å²) in [7, 11) is 4.20. The summed E-state index contributed by atoms with van der Waals surface area (Å²) in [6, 6.07) is 16.5. The number of aliphatic hydroxyl groups excluding tert-OH is 1. The average molecular weight is 508 g/mol. The number of esters is 1. The van der Waals surface area contributed by atoms with E-state index in [1.807, 2.05) is 0 Å². The van der Waals surface area contributed by atoms with Crippen LogP contribution in [0.1, 0.15) is 27.5 Å². The van der Waals surface area contributed by atoms with E-state index in [0.717, 1.165) is 0 Å². The molecule has 3 aromatic rings. The molecule has 0 aliphatic carbocycles. The van der Waals surface area contributed by atoms with Crippen molar-refractivity contribution in [2.75, 3.05) is 26.2 Å². The SMILES string of the molecule is COC(=O)c1ccc(N2C(=O)C(=O)/C(=C(\O)c3ccc(Cl)c(OC)c3)C2c2cccc(OC)c2)cc1. The van der Waals surface area contributed by atoms with E-state index >= 15 is 0 Å². The number of rotatable bonds is 6. The van der Waals surface area contributed by atoms with Crippen molar-refractivity contribution in [1.82, 2.24) is 0 Å². The topological polar surface area (TPSA) is 102 Å². The smallest absolute Gasteiger partial charge is 0.337 e. The van der Waals surface area contributed by atoms with Gasteiger partial charge in [0.25, 0.3) is 11.7 Å². The summed E-state index contributed by atoms with van der Waals surface area (Å²) in [5, 5.41) is 11.6. The molecule has 9 heteroatoms. The van der Waals surface area contributed by atoms with Crippen molar-refractivity contribution in [3.63, 3.8) is 0 Å². The molecule has 1 atom stereocenters. The number of Topliss-reactive ketones (excluding diaryl/α,β-unsaturated/α-hetero) is 1. The van der Waals surface area contributed by atoms with E-state index in [2.05, 4.69) is 0 Å². The number of ketones is 1. The summed E-state index contributed by atoms with van der Waals surface area (Å²) in [5.41, 5.74) is 1.31. The molecule has 1 amide bonds. The highest BCUT2D eigenvalue weighted by Crippen LogP contribution is 2.43. The van der Waals surface area contributed by atoms with Crippen LogP contribution in [0, 0.1) is 0 Å². The van der Waals surface area contributed by atoms with Crippen molar-refractivity contribution in [3.8, 4) is 11.5 Å². The van der Waals surface area contributed by atoms with Gasteiger partial charge in [-0.2, -0.15) is 0 Å². The summed E-state index contributed by atoms with van der Waals surface area (Å²) in [6.45, 7) is 0. The molecule has 1 unspecified atom stereocenters. The lowest BCUT2D eigenvalue weighted by molar-refractivity contribution is -0.132. The zero-order valence-electron chi connectivity index (χ0n) is 19.7. The molecule has 0 aromatic heterocycles. The number of methoxy groups -OCH3 is 3. The second-order valence-corrected chi connectivity index (χ2v) is 8.24. The zero-order valence-corrected chi connectivity index (χ0v) is 20.4. The van der Waals surface area contributed by atoms with Crippen LogP contribution in [0.3, 0.4) is 0 Å². The van der Waals surface area contributed by atoms with Gasteiger partial charge in [0.05, 0.1) is 43.5 Å². The maximum absolute atomic E-state index is 13.3. The Morgan fingerprint density at radius 3 is 2.25 bits per heavy atom. The van der Waals surface area contributed by atoms with Gasteiger partial charge in [-0.05, 0) is 60.2 Å². The monoisotopic (exact) mass is 507 g/mol. The summed E-state index contributed by atoms with van der Waals surface area (Å²) >= 11 is 6.12. The van der Waals surface area contributed by atoms with Gasteiger partial charge in [0.2, 0.25) is 0 Å². The molecule has 0 bridgehead atoms. The lowest BCUT2D eigenvalue weighted by Gasteiger charge is -2.26. The molecule has 0 saturated carbocycles. The summed E-state index contributed by atoms with van der Waals surface area (Å²) in [6.07, 6.45) is 0. The maximum Gasteiger partial charge on any atom is 0.337 e. The van der Waals surface area contributed by atoms with Gasteiger partial charge < -0.3 is 19.3 Å². The van der Waals surface area contributed by atoms with Gasteiger partial charge in [-0.15, -0.1) is 0 Å². The lowest BCUT2D eigenvalue weighted by Crippen LogP contribution is -2.29. The van der Waals surface area contributed by atoms with Crippen LogP contribution in [-0.4, -0.2) is 44.1 Å². The third-order valence-electron chi connectivity index (χ3n) is 5.85. The normalized spacial score (nSPS) is 16.7. The minimum absolute atomic E-state index is 0.116. The van der Waals surface area contributed by atoms with Gasteiger partial charge in [-0.25, -0.2) is 4.79 Å². The Labute approximate surface area is 212 Å². The molecule has 3 aromatic carbocycles. The lowest BCUT2D eigenvalue weighted by atomic mass is 9.95. The van der Waals surface area contributed by atoms with Crippen LogP contribution in [0.2, 0.25) is 5.02 Å². The molecule has 4 rings (SSSR count). The van der Waals surface area contributed by atoms with Crippen molar-refractivity contribution < 1.29 is 33.7 Å². The number of hydrogen-bond acceptors (Lipinski definition) is 7. The first-order valence-corrected chi connectivity index (χ1v) is 11.2. The van der Waals surface area contributed by atoms with E-state index in [9.17, 15) is 19.5 Å². The minimum Gasteiger partial charge on any atom is -0.507 e. The Kier molecular flexibility index (Phi) is 6.98. The van der Waals surface area contributed by atoms with Crippen molar-refractivity contribution in [1.29, 1.82) is 0 Å². The standard InChI is InChI=1S/C27H22ClNO7/c1-34-19-6-4-5-16(13-19)23-22(24(30)17-9-12-20(28)21(14-17)35-2)25(31)26(32)29(23)18-10-7-15(8-11-18)27(33)36-3/h4-14,23,30H,1-3H3/b24-22-. The van der Waals surface area contributed by atoms with Gasteiger partial charge in [-0.1, -0.05) is 23.7 Å². The first-order chi connectivity index (χ1) is 17.3. The average Bonchev–Trinajstić information content (AvgIpc) is 3.18. The van der Waals surface area contributed by atoms with E-state index in [1.165, 1.54) is 68.7 Å². The Balaban J connectivity index is 1.92. The Bertz CT molecular complexity index is 1380. The van der Waals surface area contributed by atoms with E-state index in [4.69, 9.17) is 25.8 Å². The Morgan fingerprint density at radius 1 is 0.917 bits per heavy atom. The summed E-state index contributed by atoms with van der Waals surface area (Å²) < 4.78 is 15.3. The van der Waals surface area contributed by atoms with Gasteiger partial charge >= 0.3 is 5.97 Å². The molecular weight excluding hydrogens is 486 g/mol. The molecule has 1 aliphatic rings. The van der Waals surface area contributed by atoms with Crippen LogP contribution in [0.5, 0.6) is 11.5 Å². The fourth-order valence-corrected chi connectivity index (χ4v) is 4.26. The molecule has 8 nitrogen and oxygen atoms in total. The van der Waals surface area contributed by atoms with Crippen LogP contribution in [0.15, 0.2) is 72.3 Å². The summed E-state index contributed by atoms with van der Waals surface area (Å²) in [5.74, 6) is -1.82. The summed E-state index contributed by atoms with van der Waals surface area (Å²) in [4.78, 5) is 39.8. The minimum atomic E-state index is -0.981. The van der Waals surface area contributed by atoms with E-state index in [1.54, 1.807) is 24.3 Å². The molecule has 1 N–H and O–H groups in total. The highest BCUT2D eigenvalue weighted by Gasteiger charge is 2.47. The number of halogens is 1. The van der Waals surface area contributed by atoms with Crippen molar-refractivity contribution in [2.24, 2.45) is 0 Å². The number of nitrogens with zero attached hydrogens (tertiary/aromatic N) is 1. The first kappa shape index (κ1) is 24.8. The van der Waals surface area contributed by atoms with E-state index in [0.29, 0.717) is 27.8 Å². The number of benzene rings is 3. The van der Waals surface area contributed by atoms with Gasteiger partial charge in [0, 0.05) is 11.3 Å².